The van der Waals surface area contributed by atoms with E-state index in [1.807, 2.05) is 4.90 Å². The molecule has 8 heteroatoms. The fourth-order valence-electron chi connectivity index (χ4n) is 3.48. The number of halogens is 1. The van der Waals surface area contributed by atoms with Gasteiger partial charge in [0.15, 0.2) is 5.84 Å². The summed E-state index contributed by atoms with van der Waals surface area (Å²) in [6.45, 7) is 1.03. The van der Waals surface area contributed by atoms with E-state index < -0.39 is 10.0 Å². The number of likely N-dealkylation sites (tertiary alicyclic amines) is 1. The van der Waals surface area contributed by atoms with Crippen molar-refractivity contribution < 1.29 is 17.6 Å². The number of hydrogen-bond donors (Lipinski definition) is 1. The van der Waals surface area contributed by atoms with Gasteiger partial charge in [-0.1, -0.05) is 12.1 Å². The van der Waals surface area contributed by atoms with Gasteiger partial charge in [0.2, 0.25) is 5.91 Å². The van der Waals surface area contributed by atoms with Crippen LogP contribution in [0.4, 0.5) is 10.1 Å². The summed E-state index contributed by atoms with van der Waals surface area (Å²) in [5.41, 5.74) is 1.11. The van der Waals surface area contributed by atoms with E-state index in [0.29, 0.717) is 36.6 Å². The average Bonchev–Trinajstić information content (AvgIpc) is 2.95. The Morgan fingerprint density at radius 1 is 1.15 bits per heavy atom. The number of amidine groups is 1. The summed E-state index contributed by atoms with van der Waals surface area (Å²) in [5, 5.41) is 2.79. The van der Waals surface area contributed by atoms with E-state index in [0.717, 1.165) is 6.42 Å². The predicted molar refractivity (Wildman–Crippen MR) is 99.5 cm³/mol. The number of rotatable bonds is 2. The molecule has 4 rings (SSSR count). The van der Waals surface area contributed by atoms with Crippen LogP contribution >= 0.6 is 0 Å². The minimum absolute atomic E-state index is 0.166. The Bertz CT molecular complexity index is 1020. The molecule has 140 valence electrons. The summed E-state index contributed by atoms with van der Waals surface area (Å²) in [7, 11) is -3.68. The van der Waals surface area contributed by atoms with E-state index in [9.17, 15) is 17.6 Å². The van der Waals surface area contributed by atoms with Crippen molar-refractivity contribution in [2.45, 2.75) is 17.7 Å². The van der Waals surface area contributed by atoms with Crippen LogP contribution < -0.4 is 5.32 Å². The number of carbonyl (C=O) groups is 1. The molecule has 0 spiro atoms. The molecule has 1 amide bonds. The second kappa shape index (κ2) is 6.77. The van der Waals surface area contributed by atoms with Crippen molar-refractivity contribution >= 4 is 27.5 Å². The number of anilines is 1. The molecule has 1 N–H and O–H groups in total. The number of sulfonamides is 1. The summed E-state index contributed by atoms with van der Waals surface area (Å²) < 4.78 is 41.5. The molecular weight excluding hydrogens is 369 g/mol. The number of nitrogens with zero attached hydrogens (tertiary/aromatic N) is 2. The lowest BCUT2D eigenvalue weighted by Crippen LogP contribution is -2.43. The fourth-order valence-corrected chi connectivity index (χ4v) is 4.71. The molecule has 0 saturated carbocycles. The van der Waals surface area contributed by atoms with Crippen LogP contribution in [0.15, 0.2) is 57.8 Å². The lowest BCUT2D eigenvalue weighted by molar-refractivity contribution is -0.121. The highest BCUT2D eigenvalue weighted by Gasteiger charge is 2.35. The third-order valence-corrected chi connectivity index (χ3v) is 6.14. The van der Waals surface area contributed by atoms with Gasteiger partial charge in [-0.05, 0) is 49.2 Å². The van der Waals surface area contributed by atoms with Gasteiger partial charge in [-0.15, -0.1) is 4.40 Å². The van der Waals surface area contributed by atoms with Crippen molar-refractivity contribution in [1.29, 1.82) is 0 Å². The number of amides is 1. The van der Waals surface area contributed by atoms with Crippen LogP contribution in [0.2, 0.25) is 0 Å². The first-order chi connectivity index (χ1) is 12.9. The number of carbonyl (C=O) groups excluding carboxylic acids is 1. The molecule has 6 nitrogen and oxygen atoms in total. The van der Waals surface area contributed by atoms with Gasteiger partial charge in [0.1, 0.15) is 10.7 Å². The van der Waals surface area contributed by atoms with Crippen molar-refractivity contribution in [1.82, 2.24) is 4.90 Å². The fraction of sp³-hybridized carbons (Fsp3) is 0.263. The summed E-state index contributed by atoms with van der Waals surface area (Å²) in [6, 6.07) is 12.3. The van der Waals surface area contributed by atoms with Crippen molar-refractivity contribution in [2.75, 3.05) is 18.4 Å². The average molecular weight is 387 g/mol. The van der Waals surface area contributed by atoms with Gasteiger partial charge in [0.05, 0.1) is 5.92 Å². The molecule has 0 unspecified atom stereocenters. The van der Waals surface area contributed by atoms with Gasteiger partial charge in [-0.2, -0.15) is 8.42 Å². The molecule has 1 fully saturated rings. The maximum absolute atomic E-state index is 13.0. The molecule has 2 aliphatic rings. The number of fused-ring (bicyclic) bond motifs is 1. The molecule has 0 aliphatic carbocycles. The van der Waals surface area contributed by atoms with E-state index in [1.54, 1.807) is 24.3 Å². The monoisotopic (exact) mass is 387 g/mol. The normalized spacial score (nSPS) is 20.7. The Kier molecular flexibility index (Phi) is 4.43. The van der Waals surface area contributed by atoms with Crippen molar-refractivity contribution in [3.05, 3.63) is 59.9 Å². The van der Waals surface area contributed by atoms with Gasteiger partial charge < -0.3 is 10.2 Å². The Morgan fingerprint density at radius 2 is 1.89 bits per heavy atom. The van der Waals surface area contributed by atoms with Gasteiger partial charge >= 0.3 is 0 Å². The van der Waals surface area contributed by atoms with Crippen molar-refractivity contribution in [3.8, 4) is 0 Å². The SMILES string of the molecule is O=C(Nc1ccc(F)cc1)[C@H]1CCCN(C2=NS(=O)(=O)c3ccccc32)C1. The molecule has 1 saturated heterocycles. The van der Waals surface area contributed by atoms with Gasteiger partial charge in [0.25, 0.3) is 10.0 Å². The number of benzene rings is 2. The molecule has 0 radical (unpaired) electrons. The van der Waals surface area contributed by atoms with Crippen molar-refractivity contribution in [3.63, 3.8) is 0 Å². The maximum atomic E-state index is 13.0. The van der Waals surface area contributed by atoms with Crippen LogP contribution in [-0.4, -0.2) is 38.2 Å². The number of piperidine rings is 1. The predicted octanol–water partition coefficient (Wildman–Crippen LogP) is 2.63. The summed E-state index contributed by atoms with van der Waals surface area (Å²) in [6.07, 6.45) is 1.45. The highest BCUT2D eigenvalue weighted by Crippen LogP contribution is 2.30. The van der Waals surface area contributed by atoms with Crippen LogP contribution in [0.5, 0.6) is 0 Å². The molecular formula is C19H18FN3O3S. The first-order valence-corrected chi connectivity index (χ1v) is 10.1. The minimum atomic E-state index is -3.68. The zero-order valence-electron chi connectivity index (χ0n) is 14.4. The third kappa shape index (κ3) is 3.44. The Labute approximate surface area is 156 Å². The summed E-state index contributed by atoms with van der Waals surface area (Å²) in [5.74, 6) is -0.427. The molecule has 2 aromatic rings. The van der Waals surface area contributed by atoms with Crippen LogP contribution in [0.25, 0.3) is 0 Å². The third-order valence-electron chi connectivity index (χ3n) is 4.82. The number of nitrogens with one attached hydrogen (secondary N) is 1. The molecule has 0 bridgehead atoms. The number of hydrogen-bond acceptors (Lipinski definition) is 4. The topological polar surface area (TPSA) is 78.8 Å². The molecule has 0 aromatic heterocycles. The molecule has 1 atom stereocenters. The lowest BCUT2D eigenvalue weighted by atomic mass is 9.96. The van der Waals surface area contributed by atoms with Crippen LogP contribution in [0, 0.1) is 11.7 Å². The maximum Gasteiger partial charge on any atom is 0.285 e. The van der Waals surface area contributed by atoms with Crippen molar-refractivity contribution in [2.24, 2.45) is 10.3 Å². The first-order valence-electron chi connectivity index (χ1n) is 8.70. The largest absolute Gasteiger partial charge is 0.355 e. The second-order valence-corrected chi connectivity index (χ2v) is 8.24. The van der Waals surface area contributed by atoms with Crippen LogP contribution in [0.3, 0.4) is 0 Å². The summed E-state index contributed by atoms with van der Waals surface area (Å²) in [4.78, 5) is 14.7. The Hall–Kier alpha value is -2.74. The zero-order chi connectivity index (χ0) is 19.0. The molecule has 2 aliphatic heterocycles. The van der Waals surface area contributed by atoms with E-state index in [4.69, 9.17) is 0 Å². The van der Waals surface area contributed by atoms with Gasteiger partial charge in [-0.3, -0.25) is 4.79 Å². The quantitative estimate of drug-likeness (QED) is 0.859. The highest BCUT2D eigenvalue weighted by atomic mass is 32.2. The minimum Gasteiger partial charge on any atom is -0.355 e. The van der Waals surface area contributed by atoms with Crippen LogP contribution in [-0.2, 0) is 14.8 Å². The zero-order valence-corrected chi connectivity index (χ0v) is 15.2. The van der Waals surface area contributed by atoms with Gasteiger partial charge in [0, 0.05) is 24.3 Å². The van der Waals surface area contributed by atoms with Gasteiger partial charge in [-0.25, -0.2) is 4.39 Å². The van der Waals surface area contributed by atoms with E-state index in [2.05, 4.69) is 9.71 Å². The molecule has 2 heterocycles. The Balaban J connectivity index is 1.52. The smallest absolute Gasteiger partial charge is 0.285 e. The van der Waals surface area contributed by atoms with E-state index in [-0.39, 0.29) is 22.5 Å². The highest BCUT2D eigenvalue weighted by molar-refractivity contribution is 7.90. The first kappa shape index (κ1) is 17.7. The lowest BCUT2D eigenvalue weighted by Gasteiger charge is -2.33. The van der Waals surface area contributed by atoms with E-state index in [1.165, 1.54) is 24.3 Å². The second-order valence-electron chi connectivity index (χ2n) is 6.67. The molecule has 27 heavy (non-hydrogen) atoms. The Morgan fingerprint density at radius 3 is 2.67 bits per heavy atom. The van der Waals surface area contributed by atoms with Crippen LogP contribution in [0.1, 0.15) is 18.4 Å². The standard InChI is InChI=1S/C19H18FN3O3S/c20-14-7-9-15(10-8-14)21-19(24)13-4-3-11-23(12-13)18-16-5-1-2-6-17(16)27(25,26)22-18/h1-2,5-10,13H,3-4,11-12H2,(H,21,24)/t13-/m0/s1. The van der Waals surface area contributed by atoms with E-state index >= 15 is 0 Å². The molecule has 2 aromatic carbocycles. The summed E-state index contributed by atoms with van der Waals surface area (Å²) >= 11 is 0.